The van der Waals surface area contributed by atoms with Crippen molar-refractivity contribution >= 4 is 11.8 Å². The molecule has 3 rings (SSSR count). The molecule has 118 valence electrons. The predicted molar refractivity (Wildman–Crippen MR) is 92.6 cm³/mol. The third kappa shape index (κ3) is 4.36. The quantitative estimate of drug-likeness (QED) is 0.604. The average molecular weight is 326 g/mol. The highest BCUT2D eigenvalue weighted by atomic mass is 32.2. The van der Waals surface area contributed by atoms with Crippen molar-refractivity contribution in [1.29, 1.82) is 0 Å². The Labute approximate surface area is 139 Å². The summed E-state index contributed by atoms with van der Waals surface area (Å²) < 4.78 is 11.0. The van der Waals surface area contributed by atoms with Gasteiger partial charge in [0.1, 0.15) is 5.75 Å². The zero-order valence-electron chi connectivity index (χ0n) is 12.9. The minimum atomic E-state index is 0.646. The summed E-state index contributed by atoms with van der Waals surface area (Å²) in [5, 5.41) is 4.06. The van der Waals surface area contributed by atoms with Gasteiger partial charge in [-0.1, -0.05) is 47.6 Å². The fourth-order valence-electron chi connectivity index (χ4n) is 2.14. The topological polar surface area (TPSA) is 48.2 Å². The fraction of sp³-hybridized carbons (Fsp3) is 0.222. The number of rotatable bonds is 7. The first-order chi connectivity index (χ1) is 11.3. The van der Waals surface area contributed by atoms with Crippen molar-refractivity contribution in [3.8, 4) is 17.1 Å². The van der Waals surface area contributed by atoms with E-state index in [4.69, 9.17) is 9.26 Å². The Balaban J connectivity index is 1.46. The Morgan fingerprint density at radius 1 is 1.04 bits per heavy atom. The van der Waals surface area contributed by atoms with Crippen molar-refractivity contribution in [3.05, 3.63) is 66.1 Å². The molecule has 1 aromatic heterocycles. The molecule has 4 nitrogen and oxygen atoms in total. The third-order valence-electron chi connectivity index (χ3n) is 3.32. The molecule has 0 fully saturated rings. The molecule has 0 aliphatic heterocycles. The van der Waals surface area contributed by atoms with Gasteiger partial charge in [-0.05, 0) is 24.6 Å². The predicted octanol–water partition coefficient (Wildman–Crippen LogP) is 4.36. The molecule has 0 atom stereocenters. The highest BCUT2D eigenvalue weighted by Gasteiger charge is 2.10. The van der Waals surface area contributed by atoms with Gasteiger partial charge in [-0.2, -0.15) is 4.98 Å². The average Bonchev–Trinajstić information content (AvgIpc) is 3.04. The minimum absolute atomic E-state index is 0.646. The smallest absolute Gasteiger partial charge is 0.236 e. The van der Waals surface area contributed by atoms with Crippen LogP contribution in [0.25, 0.3) is 11.4 Å². The van der Waals surface area contributed by atoms with Gasteiger partial charge in [0, 0.05) is 11.3 Å². The highest BCUT2D eigenvalue weighted by Crippen LogP contribution is 2.21. The maximum absolute atomic E-state index is 5.65. The van der Waals surface area contributed by atoms with Crippen LogP contribution in [-0.4, -0.2) is 22.5 Å². The second-order valence-electron chi connectivity index (χ2n) is 5.04. The molecule has 0 bridgehead atoms. The van der Waals surface area contributed by atoms with E-state index in [0.29, 0.717) is 24.1 Å². The molecular formula is C18H18N2O2S. The second-order valence-corrected chi connectivity index (χ2v) is 6.15. The monoisotopic (exact) mass is 326 g/mol. The number of hydrogen-bond acceptors (Lipinski definition) is 5. The Bertz CT molecular complexity index is 744. The molecule has 0 N–H and O–H groups in total. The lowest BCUT2D eigenvalue weighted by Gasteiger charge is -2.04. The van der Waals surface area contributed by atoms with Crippen LogP contribution in [0.15, 0.2) is 59.1 Å². The van der Waals surface area contributed by atoms with E-state index in [2.05, 4.69) is 10.1 Å². The molecule has 23 heavy (non-hydrogen) atoms. The SMILES string of the molecule is Cc1ccccc1-c1noc(CSCCOc2ccccc2)n1. The molecule has 0 amide bonds. The van der Waals surface area contributed by atoms with Crippen LogP contribution in [0.2, 0.25) is 0 Å². The molecule has 1 heterocycles. The summed E-state index contributed by atoms with van der Waals surface area (Å²) in [6.45, 7) is 2.70. The number of thioether (sulfide) groups is 1. The van der Waals surface area contributed by atoms with E-state index in [1.165, 1.54) is 0 Å². The number of para-hydroxylation sites is 1. The lowest BCUT2D eigenvalue weighted by atomic mass is 10.1. The van der Waals surface area contributed by atoms with Crippen LogP contribution >= 0.6 is 11.8 Å². The standard InChI is InChI=1S/C18H18N2O2S/c1-14-7-5-6-10-16(14)18-19-17(22-20-18)13-23-12-11-21-15-8-3-2-4-9-15/h2-10H,11-13H2,1H3. The lowest BCUT2D eigenvalue weighted by Crippen LogP contribution is -2.00. The van der Waals surface area contributed by atoms with Crippen LogP contribution in [0.4, 0.5) is 0 Å². The van der Waals surface area contributed by atoms with Gasteiger partial charge in [-0.3, -0.25) is 0 Å². The Kier molecular flexibility index (Phi) is 5.32. The maximum Gasteiger partial charge on any atom is 0.236 e. The summed E-state index contributed by atoms with van der Waals surface area (Å²) in [6.07, 6.45) is 0. The van der Waals surface area contributed by atoms with Gasteiger partial charge in [0.05, 0.1) is 12.4 Å². The van der Waals surface area contributed by atoms with E-state index in [1.54, 1.807) is 11.8 Å². The summed E-state index contributed by atoms with van der Waals surface area (Å²) >= 11 is 1.72. The van der Waals surface area contributed by atoms with Crippen molar-refractivity contribution in [1.82, 2.24) is 10.1 Å². The van der Waals surface area contributed by atoms with E-state index in [-0.39, 0.29) is 0 Å². The summed E-state index contributed by atoms with van der Waals surface area (Å²) in [5.41, 5.74) is 2.16. The number of hydrogen-bond donors (Lipinski definition) is 0. The number of aromatic nitrogens is 2. The third-order valence-corrected chi connectivity index (χ3v) is 4.23. The van der Waals surface area contributed by atoms with E-state index in [9.17, 15) is 0 Å². The molecule has 0 saturated carbocycles. The lowest BCUT2D eigenvalue weighted by molar-refractivity contribution is 0.343. The zero-order valence-corrected chi connectivity index (χ0v) is 13.8. The highest BCUT2D eigenvalue weighted by molar-refractivity contribution is 7.98. The first-order valence-corrected chi connectivity index (χ1v) is 8.62. The molecule has 2 aromatic carbocycles. The Morgan fingerprint density at radius 3 is 2.65 bits per heavy atom. The second kappa shape index (κ2) is 7.83. The van der Waals surface area contributed by atoms with E-state index >= 15 is 0 Å². The number of aryl methyl sites for hydroxylation is 1. The number of ether oxygens (including phenoxy) is 1. The molecule has 3 aromatic rings. The van der Waals surface area contributed by atoms with Gasteiger partial charge in [-0.15, -0.1) is 11.8 Å². The van der Waals surface area contributed by atoms with Crippen molar-refractivity contribution in [3.63, 3.8) is 0 Å². The van der Waals surface area contributed by atoms with Crippen LogP contribution in [0.1, 0.15) is 11.5 Å². The maximum atomic E-state index is 5.65. The zero-order chi connectivity index (χ0) is 15.9. The van der Waals surface area contributed by atoms with Crippen molar-refractivity contribution in [2.24, 2.45) is 0 Å². The molecular weight excluding hydrogens is 308 g/mol. The molecule has 0 aliphatic rings. The van der Waals surface area contributed by atoms with Crippen molar-refractivity contribution in [2.45, 2.75) is 12.7 Å². The Morgan fingerprint density at radius 2 is 1.83 bits per heavy atom. The normalized spacial score (nSPS) is 10.7. The first-order valence-electron chi connectivity index (χ1n) is 7.47. The van der Waals surface area contributed by atoms with Crippen LogP contribution in [-0.2, 0) is 5.75 Å². The van der Waals surface area contributed by atoms with E-state index in [0.717, 1.165) is 22.6 Å². The van der Waals surface area contributed by atoms with Gasteiger partial charge >= 0.3 is 0 Å². The summed E-state index contributed by atoms with van der Waals surface area (Å²) in [4.78, 5) is 4.46. The van der Waals surface area contributed by atoms with Gasteiger partial charge in [-0.25, -0.2) is 0 Å². The molecule has 0 saturated heterocycles. The van der Waals surface area contributed by atoms with Crippen molar-refractivity contribution < 1.29 is 9.26 Å². The Hall–Kier alpha value is -2.27. The van der Waals surface area contributed by atoms with Crippen LogP contribution in [0, 0.1) is 6.92 Å². The van der Waals surface area contributed by atoms with Crippen molar-refractivity contribution in [2.75, 3.05) is 12.4 Å². The fourth-order valence-corrected chi connectivity index (χ4v) is 2.78. The first kappa shape index (κ1) is 15.6. The van der Waals surface area contributed by atoms with Gasteiger partial charge < -0.3 is 9.26 Å². The summed E-state index contributed by atoms with van der Waals surface area (Å²) in [7, 11) is 0. The molecule has 0 radical (unpaired) electrons. The number of nitrogens with zero attached hydrogens (tertiary/aromatic N) is 2. The van der Waals surface area contributed by atoms with Gasteiger partial charge in [0.15, 0.2) is 0 Å². The summed E-state index contributed by atoms with van der Waals surface area (Å²) in [6, 6.07) is 17.8. The number of benzene rings is 2. The van der Waals surface area contributed by atoms with E-state index in [1.807, 2.05) is 61.5 Å². The van der Waals surface area contributed by atoms with Crippen LogP contribution in [0.3, 0.4) is 0 Å². The van der Waals surface area contributed by atoms with Gasteiger partial charge in [0.25, 0.3) is 0 Å². The van der Waals surface area contributed by atoms with Gasteiger partial charge in [0.2, 0.25) is 11.7 Å². The largest absolute Gasteiger partial charge is 0.493 e. The van der Waals surface area contributed by atoms with Crippen LogP contribution < -0.4 is 4.74 Å². The molecule has 0 unspecified atom stereocenters. The minimum Gasteiger partial charge on any atom is -0.493 e. The summed E-state index contributed by atoms with van der Waals surface area (Å²) in [5.74, 6) is 3.76. The van der Waals surface area contributed by atoms with Crippen LogP contribution in [0.5, 0.6) is 5.75 Å². The molecule has 5 heteroatoms. The molecule has 0 aliphatic carbocycles. The van der Waals surface area contributed by atoms with E-state index < -0.39 is 0 Å². The molecule has 0 spiro atoms.